The van der Waals surface area contributed by atoms with Crippen LogP contribution < -0.4 is 14.4 Å². The van der Waals surface area contributed by atoms with Crippen LogP contribution in [0.25, 0.3) is 0 Å². The lowest BCUT2D eigenvalue weighted by molar-refractivity contribution is -0.120. The first-order chi connectivity index (χ1) is 13.8. The molecule has 162 valence electrons. The third-order valence-corrected chi connectivity index (χ3v) is 6.28. The predicted octanol–water partition coefficient (Wildman–Crippen LogP) is 3.80. The normalized spacial score (nSPS) is 17.6. The molecule has 2 aromatic rings. The van der Waals surface area contributed by atoms with E-state index in [1.54, 1.807) is 12.1 Å². The Hall–Kier alpha value is -2.54. The molecule has 0 bridgehead atoms. The second kappa shape index (κ2) is 7.95. The van der Waals surface area contributed by atoms with E-state index in [-0.39, 0.29) is 18.5 Å². The average Bonchev–Trinajstić information content (AvgIpc) is 2.58. The maximum atomic E-state index is 13.0. The fourth-order valence-electron chi connectivity index (χ4n) is 3.97. The molecule has 0 fully saturated rings. The number of benzene rings is 2. The van der Waals surface area contributed by atoms with Crippen LogP contribution in [0.3, 0.4) is 0 Å². The highest BCUT2D eigenvalue weighted by atomic mass is 32.2. The van der Waals surface area contributed by atoms with Crippen LogP contribution in [0.5, 0.6) is 5.75 Å². The van der Waals surface area contributed by atoms with Crippen molar-refractivity contribution in [3.63, 3.8) is 0 Å². The third kappa shape index (κ3) is 5.14. The fraction of sp³-hybridized carbons (Fsp3) is 0.435. The summed E-state index contributed by atoms with van der Waals surface area (Å²) in [7, 11) is -3.63. The van der Waals surface area contributed by atoms with Crippen molar-refractivity contribution >= 4 is 21.6 Å². The zero-order chi connectivity index (χ0) is 22.3. The van der Waals surface area contributed by atoms with Gasteiger partial charge in [0.05, 0.1) is 18.0 Å². The molecule has 0 spiro atoms. The standard InChI is InChI=1S/C23H30N2O4S/c1-15-7-8-21-19(12-15)20(13-23(4,5)29-21)24-22(26)14-25(30(6,27)28)18-10-16(2)9-17(3)11-18/h7-12,20H,13-14H2,1-6H3,(H,24,26). The Labute approximate surface area is 179 Å². The zero-order valence-corrected chi connectivity index (χ0v) is 19.3. The lowest BCUT2D eigenvalue weighted by Crippen LogP contribution is -2.45. The van der Waals surface area contributed by atoms with Gasteiger partial charge in [-0.25, -0.2) is 8.42 Å². The van der Waals surface area contributed by atoms with Gasteiger partial charge in [-0.15, -0.1) is 0 Å². The number of carbonyl (C=O) groups excluding carboxylic acids is 1. The molecule has 2 aromatic carbocycles. The van der Waals surface area contributed by atoms with Crippen LogP contribution in [0.2, 0.25) is 0 Å². The summed E-state index contributed by atoms with van der Waals surface area (Å²) in [5, 5.41) is 3.03. The molecule has 1 aliphatic heterocycles. The van der Waals surface area contributed by atoms with Crippen molar-refractivity contribution in [2.24, 2.45) is 0 Å². The zero-order valence-electron chi connectivity index (χ0n) is 18.4. The number of nitrogens with zero attached hydrogens (tertiary/aromatic N) is 1. The van der Waals surface area contributed by atoms with E-state index in [9.17, 15) is 13.2 Å². The number of sulfonamides is 1. The van der Waals surface area contributed by atoms with Crippen LogP contribution in [0.15, 0.2) is 36.4 Å². The molecule has 1 amide bonds. The van der Waals surface area contributed by atoms with Crippen LogP contribution in [0.4, 0.5) is 5.69 Å². The number of aryl methyl sites for hydroxylation is 3. The molecule has 0 saturated carbocycles. The minimum absolute atomic E-state index is 0.253. The van der Waals surface area contributed by atoms with Gasteiger partial charge in [0.2, 0.25) is 15.9 Å². The number of anilines is 1. The Morgan fingerprint density at radius 1 is 1.10 bits per heavy atom. The molecule has 1 unspecified atom stereocenters. The van der Waals surface area contributed by atoms with Crippen molar-refractivity contribution in [1.82, 2.24) is 5.32 Å². The average molecular weight is 431 g/mol. The number of carbonyl (C=O) groups is 1. The summed E-state index contributed by atoms with van der Waals surface area (Å²) in [5.41, 5.74) is 3.92. The molecule has 1 atom stereocenters. The lowest BCUT2D eigenvalue weighted by atomic mass is 9.89. The summed E-state index contributed by atoms with van der Waals surface area (Å²) in [4.78, 5) is 13.0. The van der Waals surface area contributed by atoms with Gasteiger partial charge < -0.3 is 10.1 Å². The van der Waals surface area contributed by atoms with E-state index in [4.69, 9.17) is 4.74 Å². The van der Waals surface area contributed by atoms with E-state index in [2.05, 4.69) is 5.32 Å². The number of nitrogens with one attached hydrogen (secondary N) is 1. The molecule has 1 aliphatic rings. The van der Waals surface area contributed by atoms with Gasteiger partial charge in [-0.2, -0.15) is 0 Å². The number of ether oxygens (including phenoxy) is 1. The van der Waals surface area contributed by atoms with Gasteiger partial charge in [0.25, 0.3) is 0 Å². The molecule has 0 aliphatic carbocycles. The minimum atomic E-state index is -3.63. The number of fused-ring (bicyclic) bond motifs is 1. The molecule has 1 N–H and O–H groups in total. The third-order valence-electron chi connectivity index (χ3n) is 5.14. The molecular weight excluding hydrogens is 400 g/mol. The molecule has 0 saturated heterocycles. The van der Waals surface area contributed by atoms with Crippen LogP contribution in [-0.2, 0) is 14.8 Å². The quantitative estimate of drug-likeness (QED) is 0.783. The second-order valence-electron chi connectivity index (χ2n) is 8.84. The van der Waals surface area contributed by atoms with Crippen LogP contribution in [-0.4, -0.2) is 32.7 Å². The molecule has 7 heteroatoms. The largest absolute Gasteiger partial charge is 0.487 e. The Morgan fingerprint density at radius 2 is 1.73 bits per heavy atom. The van der Waals surface area contributed by atoms with E-state index in [1.807, 2.05) is 58.9 Å². The Kier molecular flexibility index (Phi) is 5.87. The molecule has 0 aromatic heterocycles. The molecule has 0 radical (unpaired) electrons. The first-order valence-electron chi connectivity index (χ1n) is 9.99. The van der Waals surface area contributed by atoms with Gasteiger partial charge >= 0.3 is 0 Å². The second-order valence-corrected chi connectivity index (χ2v) is 10.7. The first kappa shape index (κ1) is 22.2. The van der Waals surface area contributed by atoms with Gasteiger partial charge in [-0.3, -0.25) is 9.10 Å². The van der Waals surface area contributed by atoms with Crippen molar-refractivity contribution in [3.05, 3.63) is 58.7 Å². The smallest absolute Gasteiger partial charge is 0.241 e. The maximum Gasteiger partial charge on any atom is 0.241 e. The van der Waals surface area contributed by atoms with Crippen molar-refractivity contribution in [1.29, 1.82) is 0 Å². The van der Waals surface area contributed by atoms with E-state index in [0.717, 1.165) is 38.6 Å². The Bertz CT molecular complexity index is 1060. The number of amides is 1. The molecule has 6 nitrogen and oxygen atoms in total. The van der Waals surface area contributed by atoms with Crippen molar-refractivity contribution < 1.29 is 17.9 Å². The van der Waals surface area contributed by atoms with Crippen molar-refractivity contribution in [3.8, 4) is 5.75 Å². The van der Waals surface area contributed by atoms with Gasteiger partial charge in [0, 0.05) is 12.0 Å². The van der Waals surface area contributed by atoms with Gasteiger partial charge in [0.1, 0.15) is 17.9 Å². The number of rotatable bonds is 5. The first-order valence-corrected chi connectivity index (χ1v) is 11.8. The van der Waals surface area contributed by atoms with Gasteiger partial charge in [-0.05, 0) is 63.9 Å². The highest BCUT2D eigenvalue weighted by Gasteiger charge is 2.35. The highest BCUT2D eigenvalue weighted by molar-refractivity contribution is 7.92. The van der Waals surface area contributed by atoms with Crippen LogP contribution >= 0.6 is 0 Å². The SMILES string of the molecule is Cc1cc(C)cc(N(CC(=O)NC2CC(C)(C)Oc3ccc(C)cc32)S(C)(=O)=O)c1. The Balaban J connectivity index is 1.87. The lowest BCUT2D eigenvalue weighted by Gasteiger charge is -2.38. The predicted molar refractivity (Wildman–Crippen MR) is 119 cm³/mol. The summed E-state index contributed by atoms with van der Waals surface area (Å²) >= 11 is 0. The molecule has 30 heavy (non-hydrogen) atoms. The summed E-state index contributed by atoms with van der Waals surface area (Å²) in [6, 6.07) is 11.2. The summed E-state index contributed by atoms with van der Waals surface area (Å²) < 4.78 is 32.1. The van der Waals surface area contributed by atoms with Crippen LogP contribution in [0, 0.1) is 20.8 Å². The fourth-order valence-corrected chi connectivity index (χ4v) is 4.81. The topological polar surface area (TPSA) is 75.7 Å². The monoisotopic (exact) mass is 430 g/mol. The minimum Gasteiger partial charge on any atom is -0.487 e. The summed E-state index contributed by atoms with van der Waals surface area (Å²) in [6.45, 7) is 9.48. The van der Waals surface area contributed by atoms with E-state index in [0.29, 0.717) is 12.1 Å². The van der Waals surface area contributed by atoms with Crippen molar-refractivity contribution in [2.45, 2.75) is 52.7 Å². The maximum absolute atomic E-state index is 13.0. The number of hydrogen-bond acceptors (Lipinski definition) is 4. The highest BCUT2D eigenvalue weighted by Crippen LogP contribution is 2.39. The van der Waals surface area contributed by atoms with Crippen molar-refractivity contribution in [2.75, 3.05) is 17.1 Å². The Morgan fingerprint density at radius 3 is 2.33 bits per heavy atom. The van der Waals surface area contributed by atoms with Gasteiger partial charge in [-0.1, -0.05) is 23.8 Å². The van der Waals surface area contributed by atoms with Crippen LogP contribution in [0.1, 0.15) is 48.6 Å². The number of hydrogen-bond donors (Lipinski definition) is 1. The van der Waals surface area contributed by atoms with E-state index >= 15 is 0 Å². The van der Waals surface area contributed by atoms with E-state index in [1.165, 1.54) is 0 Å². The molecule has 3 rings (SSSR count). The molecule has 1 heterocycles. The summed E-state index contributed by atoms with van der Waals surface area (Å²) in [6.07, 6.45) is 1.71. The van der Waals surface area contributed by atoms with Gasteiger partial charge in [0.15, 0.2) is 0 Å². The summed E-state index contributed by atoms with van der Waals surface area (Å²) in [5.74, 6) is 0.395. The van der Waals surface area contributed by atoms with E-state index < -0.39 is 15.6 Å². The molecular formula is C23H30N2O4S.